The van der Waals surface area contributed by atoms with Gasteiger partial charge in [0.05, 0.1) is 5.02 Å². The summed E-state index contributed by atoms with van der Waals surface area (Å²) in [6.45, 7) is 4.97. The average molecular weight is 394 g/mol. The van der Waals surface area contributed by atoms with Crippen LogP contribution < -0.4 is 5.32 Å². The van der Waals surface area contributed by atoms with Crippen LogP contribution in [0.3, 0.4) is 0 Å². The summed E-state index contributed by atoms with van der Waals surface area (Å²) in [6, 6.07) is 6.81. The lowest BCUT2D eigenvalue weighted by Gasteiger charge is -2.27. The zero-order chi connectivity index (χ0) is 13.7. The SMILES string of the molecule is CCNC(CC1CCOCC1)c1ccc(I)c(Cl)c1. The van der Waals surface area contributed by atoms with Crippen LogP contribution >= 0.6 is 34.2 Å². The lowest BCUT2D eigenvalue weighted by atomic mass is 9.89. The average Bonchev–Trinajstić information content (AvgIpc) is 2.43. The Hall–Kier alpha value is 0.160. The molecular formula is C15H21ClINO. The van der Waals surface area contributed by atoms with E-state index in [9.17, 15) is 0 Å². The molecule has 1 aliphatic rings. The highest BCUT2D eigenvalue weighted by atomic mass is 127. The maximum atomic E-state index is 6.25. The molecule has 0 bridgehead atoms. The number of nitrogens with one attached hydrogen (secondary N) is 1. The van der Waals surface area contributed by atoms with E-state index < -0.39 is 0 Å². The van der Waals surface area contributed by atoms with E-state index in [0.717, 1.165) is 34.3 Å². The summed E-state index contributed by atoms with van der Waals surface area (Å²) in [6.07, 6.45) is 3.54. The molecule has 2 rings (SSSR count). The molecule has 0 aromatic heterocycles. The van der Waals surface area contributed by atoms with Crippen LogP contribution in [0.25, 0.3) is 0 Å². The molecule has 0 radical (unpaired) electrons. The van der Waals surface area contributed by atoms with Crippen LogP contribution in [-0.4, -0.2) is 19.8 Å². The molecule has 0 spiro atoms. The Morgan fingerprint density at radius 2 is 2.16 bits per heavy atom. The second-order valence-electron chi connectivity index (χ2n) is 5.08. The van der Waals surface area contributed by atoms with Crippen LogP contribution in [0, 0.1) is 9.49 Å². The van der Waals surface area contributed by atoms with Gasteiger partial charge in [-0.25, -0.2) is 0 Å². The van der Waals surface area contributed by atoms with E-state index in [4.69, 9.17) is 16.3 Å². The van der Waals surface area contributed by atoms with Gasteiger partial charge in [-0.3, -0.25) is 0 Å². The quantitative estimate of drug-likeness (QED) is 0.748. The van der Waals surface area contributed by atoms with Crippen LogP contribution in [0.5, 0.6) is 0 Å². The van der Waals surface area contributed by atoms with E-state index in [-0.39, 0.29) is 0 Å². The summed E-state index contributed by atoms with van der Waals surface area (Å²) in [5.74, 6) is 0.760. The summed E-state index contributed by atoms with van der Waals surface area (Å²) in [5.41, 5.74) is 1.30. The molecule has 0 saturated carbocycles. The summed E-state index contributed by atoms with van der Waals surface area (Å²) in [4.78, 5) is 0. The minimum absolute atomic E-state index is 0.405. The van der Waals surface area contributed by atoms with E-state index in [0.29, 0.717) is 6.04 Å². The van der Waals surface area contributed by atoms with E-state index in [1.165, 1.54) is 24.8 Å². The molecule has 1 heterocycles. The fourth-order valence-corrected chi connectivity index (χ4v) is 3.15. The largest absolute Gasteiger partial charge is 0.381 e. The van der Waals surface area contributed by atoms with Crippen molar-refractivity contribution in [2.75, 3.05) is 19.8 Å². The number of hydrogen-bond acceptors (Lipinski definition) is 2. The Morgan fingerprint density at radius 1 is 1.42 bits per heavy atom. The minimum atomic E-state index is 0.405. The monoisotopic (exact) mass is 393 g/mol. The van der Waals surface area contributed by atoms with Gasteiger partial charge in [0, 0.05) is 22.8 Å². The van der Waals surface area contributed by atoms with Crippen molar-refractivity contribution in [2.24, 2.45) is 5.92 Å². The lowest BCUT2D eigenvalue weighted by Crippen LogP contribution is -2.26. The smallest absolute Gasteiger partial charge is 0.0542 e. The fourth-order valence-electron chi connectivity index (χ4n) is 2.63. The van der Waals surface area contributed by atoms with E-state index in [2.05, 4.69) is 53.0 Å². The molecule has 1 aliphatic heterocycles. The standard InChI is InChI=1S/C15H21ClINO/c1-2-18-15(9-11-5-7-19-8-6-11)12-3-4-14(17)13(16)10-12/h3-4,10-11,15,18H,2,5-9H2,1H3. The first-order valence-electron chi connectivity index (χ1n) is 6.96. The lowest BCUT2D eigenvalue weighted by molar-refractivity contribution is 0.0606. The Labute approximate surface area is 134 Å². The third-order valence-corrected chi connectivity index (χ3v) is 5.28. The molecule has 1 atom stereocenters. The maximum Gasteiger partial charge on any atom is 0.0542 e. The van der Waals surface area contributed by atoms with Crippen molar-refractivity contribution in [1.82, 2.24) is 5.32 Å². The van der Waals surface area contributed by atoms with Crippen molar-refractivity contribution in [3.8, 4) is 0 Å². The highest BCUT2D eigenvalue weighted by molar-refractivity contribution is 14.1. The number of benzene rings is 1. The van der Waals surface area contributed by atoms with Gasteiger partial charge in [0.25, 0.3) is 0 Å². The summed E-state index contributed by atoms with van der Waals surface area (Å²) in [5, 5.41) is 4.45. The van der Waals surface area contributed by atoms with Gasteiger partial charge in [0.1, 0.15) is 0 Å². The highest BCUT2D eigenvalue weighted by Gasteiger charge is 2.20. The minimum Gasteiger partial charge on any atom is -0.381 e. The molecule has 1 saturated heterocycles. The molecule has 0 aliphatic carbocycles. The van der Waals surface area contributed by atoms with Crippen molar-refractivity contribution in [2.45, 2.75) is 32.2 Å². The molecule has 0 amide bonds. The highest BCUT2D eigenvalue weighted by Crippen LogP contribution is 2.30. The van der Waals surface area contributed by atoms with Gasteiger partial charge in [0.15, 0.2) is 0 Å². The summed E-state index contributed by atoms with van der Waals surface area (Å²) in [7, 11) is 0. The van der Waals surface area contributed by atoms with Crippen molar-refractivity contribution in [3.05, 3.63) is 32.4 Å². The molecule has 4 heteroatoms. The molecule has 1 N–H and O–H groups in total. The second kappa shape index (κ2) is 7.81. The number of halogens is 2. The summed E-state index contributed by atoms with van der Waals surface area (Å²) >= 11 is 8.52. The molecule has 1 unspecified atom stereocenters. The third kappa shape index (κ3) is 4.59. The Balaban J connectivity index is 2.07. The van der Waals surface area contributed by atoms with Crippen LogP contribution in [0.15, 0.2) is 18.2 Å². The summed E-state index contributed by atoms with van der Waals surface area (Å²) < 4.78 is 6.55. The van der Waals surface area contributed by atoms with Crippen LogP contribution in [0.4, 0.5) is 0 Å². The zero-order valence-electron chi connectivity index (χ0n) is 11.3. The van der Waals surface area contributed by atoms with Gasteiger partial charge >= 0.3 is 0 Å². The molecule has 19 heavy (non-hydrogen) atoms. The van der Waals surface area contributed by atoms with Crippen molar-refractivity contribution >= 4 is 34.2 Å². The van der Waals surface area contributed by atoms with Crippen LogP contribution in [0.2, 0.25) is 5.02 Å². The van der Waals surface area contributed by atoms with Crippen LogP contribution in [-0.2, 0) is 4.74 Å². The van der Waals surface area contributed by atoms with E-state index >= 15 is 0 Å². The molecule has 1 aromatic rings. The van der Waals surface area contributed by atoms with Gasteiger partial charge in [-0.1, -0.05) is 24.6 Å². The van der Waals surface area contributed by atoms with Gasteiger partial charge in [-0.05, 0) is 72.0 Å². The normalized spacial score (nSPS) is 18.5. The number of hydrogen-bond donors (Lipinski definition) is 1. The Morgan fingerprint density at radius 3 is 2.79 bits per heavy atom. The first-order chi connectivity index (χ1) is 9.20. The Bertz CT molecular complexity index is 407. The molecular weight excluding hydrogens is 373 g/mol. The van der Waals surface area contributed by atoms with Crippen molar-refractivity contribution < 1.29 is 4.74 Å². The van der Waals surface area contributed by atoms with Crippen molar-refractivity contribution in [3.63, 3.8) is 0 Å². The third-order valence-electron chi connectivity index (χ3n) is 3.71. The number of rotatable bonds is 5. The van der Waals surface area contributed by atoms with E-state index in [1.54, 1.807) is 0 Å². The van der Waals surface area contributed by atoms with E-state index in [1.807, 2.05) is 0 Å². The predicted octanol–water partition coefficient (Wildman–Crippen LogP) is 4.41. The zero-order valence-corrected chi connectivity index (χ0v) is 14.2. The molecule has 1 aromatic carbocycles. The van der Waals surface area contributed by atoms with Crippen molar-refractivity contribution in [1.29, 1.82) is 0 Å². The topological polar surface area (TPSA) is 21.3 Å². The first kappa shape index (κ1) is 15.5. The fraction of sp³-hybridized carbons (Fsp3) is 0.600. The van der Waals surface area contributed by atoms with Gasteiger partial charge in [-0.15, -0.1) is 0 Å². The second-order valence-corrected chi connectivity index (χ2v) is 6.64. The molecule has 1 fully saturated rings. The first-order valence-corrected chi connectivity index (χ1v) is 8.42. The van der Waals surface area contributed by atoms with Gasteiger partial charge < -0.3 is 10.1 Å². The number of ether oxygens (including phenoxy) is 1. The maximum absolute atomic E-state index is 6.25. The predicted molar refractivity (Wildman–Crippen MR) is 88.7 cm³/mol. The van der Waals surface area contributed by atoms with Crippen LogP contribution in [0.1, 0.15) is 37.8 Å². The molecule has 106 valence electrons. The molecule has 2 nitrogen and oxygen atoms in total. The Kier molecular flexibility index (Phi) is 6.39. The van der Waals surface area contributed by atoms with Gasteiger partial charge in [0.2, 0.25) is 0 Å². The van der Waals surface area contributed by atoms with Gasteiger partial charge in [-0.2, -0.15) is 0 Å².